The molecule has 0 aliphatic carbocycles. The summed E-state index contributed by atoms with van der Waals surface area (Å²) in [6.45, 7) is 2.90. The summed E-state index contributed by atoms with van der Waals surface area (Å²) >= 11 is 6.00. The molecule has 0 saturated carbocycles. The minimum atomic E-state index is -0.0701. The van der Waals surface area contributed by atoms with Gasteiger partial charge >= 0.3 is 0 Å². The molecule has 1 aliphatic rings. The van der Waals surface area contributed by atoms with Gasteiger partial charge in [0, 0.05) is 29.0 Å². The van der Waals surface area contributed by atoms with Crippen LogP contribution >= 0.6 is 11.6 Å². The van der Waals surface area contributed by atoms with E-state index in [1.807, 2.05) is 42.2 Å². The van der Waals surface area contributed by atoms with Gasteiger partial charge in [0.1, 0.15) is 0 Å². The van der Waals surface area contributed by atoms with Crippen LogP contribution in [0.2, 0.25) is 5.02 Å². The summed E-state index contributed by atoms with van der Waals surface area (Å²) in [5, 5.41) is 3.55. The van der Waals surface area contributed by atoms with Gasteiger partial charge in [-0.15, -0.1) is 0 Å². The molecule has 3 rings (SSSR count). The molecule has 23 heavy (non-hydrogen) atoms. The predicted molar refractivity (Wildman–Crippen MR) is 95.2 cm³/mol. The third kappa shape index (κ3) is 3.66. The van der Waals surface area contributed by atoms with E-state index in [9.17, 15) is 4.79 Å². The summed E-state index contributed by atoms with van der Waals surface area (Å²) in [6.07, 6.45) is 0.849. The van der Waals surface area contributed by atoms with Crippen molar-refractivity contribution in [2.45, 2.75) is 19.4 Å². The van der Waals surface area contributed by atoms with Crippen LogP contribution in [0, 0.1) is 6.92 Å². The van der Waals surface area contributed by atoms with Gasteiger partial charge in [-0.05, 0) is 42.7 Å². The maximum atomic E-state index is 12.4. The Bertz CT molecular complexity index is 732. The zero-order valence-corrected chi connectivity index (χ0v) is 13.8. The number of para-hydroxylation sites is 1. The lowest BCUT2D eigenvalue weighted by atomic mass is 9.98. The molecule has 3 N–H and O–H groups in total. The predicted octanol–water partition coefficient (Wildman–Crippen LogP) is 2.98. The molecule has 120 valence electrons. The first kappa shape index (κ1) is 15.8. The van der Waals surface area contributed by atoms with Gasteiger partial charge < -0.3 is 16.0 Å². The lowest BCUT2D eigenvalue weighted by molar-refractivity contribution is -0.115. The van der Waals surface area contributed by atoms with Crippen LogP contribution < -0.4 is 16.0 Å². The van der Waals surface area contributed by atoms with Crippen LogP contribution in [0.3, 0.4) is 0 Å². The molecule has 0 radical (unpaired) electrons. The van der Waals surface area contributed by atoms with Crippen LogP contribution in [0.25, 0.3) is 0 Å². The van der Waals surface area contributed by atoms with Crippen molar-refractivity contribution in [1.29, 1.82) is 0 Å². The van der Waals surface area contributed by atoms with Crippen LogP contribution in [-0.2, 0) is 11.2 Å². The summed E-state index contributed by atoms with van der Waals surface area (Å²) in [5.41, 5.74) is 10.1. The first-order chi connectivity index (χ1) is 11.0. The van der Waals surface area contributed by atoms with Gasteiger partial charge in [0.2, 0.25) is 5.91 Å². The number of aryl methyl sites for hydroxylation is 1. The van der Waals surface area contributed by atoms with E-state index in [0.29, 0.717) is 11.6 Å². The van der Waals surface area contributed by atoms with Crippen LogP contribution in [-0.4, -0.2) is 25.0 Å². The molecule has 2 aromatic carbocycles. The number of carbonyl (C=O) groups is 1. The van der Waals surface area contributed by atoms with Crippen molar-refractivity contribution < 1.29 is 4.79 Å². The van der Waals surface area contributed by atoms with Gasteiger partial charge in [-0.1, -0.05) is 35.9 Å². The molecule has 0 bridgehead atoms. The zero-order valence-electron chi connectivity index (χ0n) is 13.1. The quantitative estimate of drug-likeness (QED) is 0.910. The fraction of sp³-hybridized carbons (Fsp3) is 0.278. The molecular formula is C18H20ClN3O. The number of nitrogens with zero attached hydrogens (tertiary/aromatic N) is 1. The second kappa shape index (κ2) is 6.60. The highest BCUT2D eigenvalue weighted by Gasteiger charge is 2.23. The molecule has 0 spiro atoms. The lowest BCUT2D eigenvalue weighted by Crippen LogP contribution is -2.46. The molecule has 1 unspecified atom stereocenters. The van der Waals surface area contributed by atoms with Crippen LogP contribution in [0.15, 0.2) is 42.5 Å². The molecule has 5 heteroatoms. The highest BCUT2D eigenvalue weighted by atomic mass is 35.5. The fourth-order valence-electron chi connectivity index (χ4n) is 2.96. The summed E-state index contributed by atoms with van der Waals surface area (Å²) in [4.78, 5) is 14.5. The van der Waals surface area contributed by atoms with Crippen LogP contribution in [0.5, 0.6) is 0 Å². The molecule has 1 atom stereocenters. The minimum Gasteiger partial charge on any atom is -0.360 e. The normalized spacial score (nSPS) is 16.8. The lowest BCUT2D eigenvalue weighted by Gasteiger charge is -2.34. The number of rotatable bonds is 3. The number of halogens is 1. The number of hydrogen-bond acceptors (Lipinski definition) is 3. The Morgan fingerprint density at radius 3 is 2.96 bits per heavy atom. The van der Waals surface area contributed by atoms with Crippen molar-refractivity contribution in [3.63, 3.8) is 0 Å². The number of nitrogens with two attached hydrogens (primary N) is 1. The van der Waals surface area contributed by atoms with Crippen molar-refractivity contribution in [2.24, 2.45) is 5.73 Å². The van der Waals surface area contributed by atoms with Crippen molar-refractivity contribution in [2.75, 3.05) is 23.3 Å². The van der Waals surface area contributed by atoms with Gasteiger partial charge in [0.25, 0.3) is 0 Å². The van der Waals surface area contributed by atoms with Crippen LogP contribution in [0.4, 0.5) is 11.4 Å². The summed E-state index contributed by atoms with van der Waals surface area (Å²) in [5.74, 6) is -0.0701. The topological polar surface area (TPSA) is 58.4 Å². The molecule has 0 saturated heterocycles. The smallest absolute Gasteiger partial charge is 0.243 e. The molecule has 0 aromatic heterocycles. The van der Waals surface area contributed by atoms with E-state index in [1.54, 1.807) is 6.07 Å². The SMILES string of the molecule is Cc1ccc(Cl)cc1NC(=O)CN1CC(N)Cc2ccccc21. The zero-order chi connectivity index (χ0) is 16.4. The Morgan fingerprint density at radius 1 is 1.35 bits per heavy atom. The van der Waals surface area contributed by atoms with Crippen LogP contribution in [0.1, 0.15) is 11.1 Å². The van der Waals surface area contributed by atoms with E-state index in [0.717, 1.165) is 23.4 Å². The molecule has 4 nitrogen and oxygen atoms in total. The second-order valence-electron chi connectivity index (χ2n) is 5.98. The highest BCUT2D eigenvalue weighted by molar-refractivity contribution is 6.31. The average molecular weight is 330 g/mol. The Morgan fingerprint density at radius 2 is 2.13 bits per heavy atom. The molecule has 1 aliphatic heterocycles. The standard InChI is InChI=1S/C18H20ClN3O/c1-12-6-7-14(19)9-16(12)21-18(23)11-22-10-15(20)8-13-4-2-3-5-17(13)22/h2-7,9,15H,8,10-11,20H2,1H3,(H,21,23). The largest absolute Gasteiger partial charge is 0.360 e. The average Bonchev–Trinajstić information content (AvgIpc) is 2.50. The number of fused-ring (bicyclic) bond motifs is 1. The summed E-state index contributed by atoms with van der Waals surface area (Å²) in [6, 6.07) is 13.6. The Hall–Kier alpha value is -2.04. The Kier molecular flexibility index (Phi) is 4.55. The summed E-state index contributed by atoms with van der Waals surface area (Å²) in [7, 11) is 0. The number of anilines is 2. The fourth-order valence-corrected chi connectivity index (χ4v) is 3.13. The molecule has 1 heterocycles. The molecule has 2 aromatic rings. The maximum Gasteiger partial charge on any atom is 0.243 e. The number of hydrogen-bond donors (Lipinski definition) is 2. The third-order valence-electron chi connectivity index (χ3n) is 4.08. The minimum absolute atomic E-state index is 0.0469. The van der Waals surface area contributed by atoms with Crippen molar-refractivity contribution in [3.8, 4) is 0 Å². The van der Waals surface area contributed by atoms with E-state index in [1.165, 1.54) is 5.56 Å². The molecular weight excluding hydrogens is 310 g/mol. The maximum absolute atomic E-state index is 12.4. The number of nitrogens with one attached hydrogen (secondary N) is 1. The number of benzene rings is 2. The van der Waals surface area contributed by atoms with Gasteiger partial charge in [-0.25, -0.2) is 0 Å². The van der Waals surface area contributed by atoms with Gasteiger partial charge in [0.05, 0.1) is 6.54 Å². The van der Waals surface area contributed by atoms with E-state index in [-0.39, 0.29) is 18.5 Å². The van der Waals surface area contributed by atoms with Gasteiger partial charge in [-0.3, -0.25) is 4.79 Å². The third-order valence-corrected chi connectivity index (χ3v) is 4.31. The first-order valence-corrected chi connectivity index (χ1v) is 8.05. The van der Waals surface area contributed by atoms with E-state index >= 15 is 0 Å². The monoisotopic (exact) mass is 329 g/mol. The molecule has 1 amide bonds. The van der Waals surface area contributed by atoms with E-state index in [2.05, 4.69) is 11.4 Å². The van der Waals surface area contributed by atoms with Crippen molar-refractivity contribution in [1.82, 2.24) is 0 Å². The second-order valence-corrected chi connectivity index (χ2v) is 6.42. The highest BCUT2D eigenvalue weighted by Crippen LogP contribution is 2.26. The van der Waals surface area contributed by atoms with Gasteiger partial charge in [-0.2, -0.15) is 0 Å². The van der Waals surface area contributed by atoms with Crippen molar-refractivity contribution >= 4 is 28.9 Å². The van der Waals surface area contributed by atoms with E-state index < -0.39 is 0 Å². The van der Waals surface area contributed by atoms with Gasteiger partial charge in [0.15, 0.2) is 0 Å². The summed E-state index contributed by atoms with van der Waals surface area (Å²) < 4.78 is 0. The Labute approximate surface area is 141 Å². The Balaban J connectivity index is 1.74. The number of carbonyl (C=O) groups excluding carboxylic acids is 1. The number of amides is 1. The van der Waals surface area contributed by atoms with Crippen molar-refractivity contribution in [3.05, 3.63) is 58.6 Å². The first-order valence-electron chi connectivity index (χ1n) is 7.67. The van der Waals surface area contributed by atoms with E-state index in [4.69, 9.17) is 17.3 Å². The molecule has 0 fully saturated rings.